The summed E-state index contributed by atoms with van der Waals surface area (Å²) < 4.78 is 17.6. The minimum atomic E-state index is -0.504. The number of hydrogen-bond donors (Lipinski definition) is 0. The topological polar surface area (TPSA) is 27.7 Å². The molecule has 0 saturated carbocycles. The third-order valence-corrected chi connectivity index (χ3v) is 3.52. The van der Waals surface area contributed by atoms with Gasteiger partial charge in [-0.25, -0.2) is 0 Å². The van der Waals surface area contributed by atoms with Crippen LogP contribution in [0.5, 0.6) is 0 Å². The molecule has 0 aromatic rings. The van der Waals surface area contributed by atoms with Crippen LogP contribution in [0.3, 0.4) is 0 Å². The molecule has 2 heterocycles. The zero-order valence-corrected chi connectivity index (χ0v) is 10.6. The number of ether oxygens (including phenoxy) is 3. The van der Waals surface area contributed by atoms with Crippen molar-refractivity contribution >= 4 is 0 Å². The van der Waals surface area contributed by atoms with E-state index in [0.717, 1.165) is 6.42 Å². The van der Waals surface area contributed by atoms with Gasteiger partial charge in [0.05, 0.1) is 6.10 Å². The third-order valence-electron chi connectivity index (χ3n) is 3.52. The molecule has 0 spiro atoms. The molecule has 0 bridgehead atoms. The van der Waals surface area contributed by atoms with E-state index in [4.69, 9.17) is 14.2 Å². The number of allylic oxidation sites excluding steroid dienone is 1. The first-order valence-electron chi connectivity index (χ1n) is 6.06. The molecule has 2 saturated heterocycles. The van der Waals surface area contributed by atoms with Crippen LogP contribution in [-0.2, 0) is 14.2 Å². The molecule has 0 aromatic heterocycles. The largest absolute Gasteiger partial charge is 0.346 e. The fourth-order valence-electron chi connectivity index (χ4n) is 2.73. The summed E-state index contributed by atoms with van der Waals surface area (Å²) in [5.41, 5.74) is 0. The van der Waals surface area contributed by atoms with Gasteiger partial charge in [0, 0.05) is 5.92 Å². The second-order valence-electron chi connectivity index (χ2n) is 5.43. The van der Waals surface area contributed by atoms with E-state index in [-0.39, 0.29) is 18.5 Å². The molecule has 2 aliphatic rings. The van der Waals surface area contributed by atoms with E-state index in [1.165, 1.54) is 0 Å². The average molecular weight is 226 g/mol. The van der Waals surface area contributed by atoms with Crippen molar-refractivity contribution in [2.45, 2.75) is 58.4 Å². The summed E-state index contributed by atoms with van der Waals surface area (Å²) in [6.07, 6.45) is 3.01. The Morgan fingerprint density at radius 3 is 2.62 bits per heavy atom. The first-order valence-corrected chi connectivity index (χ1v) is 6.06. The Balaban J connectivity index is 2.02. The van der Waals surface area contributed by atoms with Gasteiger partial charge in [-0.2, -0.15) is 0 Å². The van der Waals surface area contributed by atoms with Crippen LogP contribution in [0.4, 0.5) is 0 Å². The van der Waals surface area contributed by atoms with E-state index in [9.17, 15) is 0 Å². The Bertz CT molecular complexity index is 274. The highest BCUT2D eigenvalue weighted by atomic mass is 16.8. The number of rotatable bonds is 3. The summed E-state index contributed by atoms with van der Waals surface area (Å²) in [5.74, 6) is 0.339. The summed E-state index contributed by atoms with van der Waals surface area (Å²) in [4.78, 5) is 0. The molecule has 0 unspecified atom stereocenters. The van der Waals surface area contributed by atoms with Crippen molar-refractivity contribution in [3.05, 3.63) is 12.7 Å². The van der Waals surface area contributed by atoms with Crippen molar-refractivity contribution < 1.29 is 14.2 Å². The van der Waals surface area contributed by atoms with Crippen LogP contribution in [0.15, 0.2) is 12.7 Å². The smallest absolute Gasteiger partial charge is 0.187 e. The monoisotopic (exact) mass is 226 g/mol. The summed E-state index contributed by atoms with van der Waals surface area (Å²) in [6, 6.07) is 0. The first-order chi connectivity index (χ1) is 7.44. The molecule has 3 nitrogen and oxygen atoms in total. The Labute approximate surface area is 97.8 Å². The lowest BCUT2D eigenvalue weighted by Crippen LogP contribution is -2.31. The van der Waals surface area contributed by atoms with Gasteiger partial charge < -0.3 is 14.2 Å². The molecule has 0 N–H and O–H groups in total. The van der Waals surface area contributed by atoms with Crippen LogP contribution < -0.4 is 0 Å². The lowest BCUT2D eigenvalue weighted by Gasteiger charge is -2.26. The van der Waals surface area contributed by atoms with Crippen molar-refractivity contribution in [1.82, 2.24) is 0 Å². The molecular weight excluding hydrogens is 204 g/mol. The van der Waals surface area contributed by atoms with Crippen molar-refractivity contribution in [2.24, 2.45) is 11.8 Å². The number of hydrogen-bond acceptors (Lipinski definition) is 3. The van der Waals surface area contributed by atoms with Gasteiger partial charge in [-0.15, -0.1) is 6.58 Å². The number of fused-ring (bicyclic) bond motifs is 1. The highest BCUT2D eigenvalue weighted by Gasteiger charge is 2.53. The van der Waals surface area contributed by atoms with Gasteiger partial charge in [0.1, 0.15) is 6.10 Å². The Morgan fingerprint density at radius 1 is 1.38 bits per heavy atom. The lowest BCUT2D eigenvalue weighted by atomic mass is 9.90. The van der Waals surface area contributed by atoms with Crippen molar-refractivity contribution in [3.8, 4) is 0 Å². The summed E-state index contributed by atoms with van der Waals surface area (Å²) in [7, 11) is 0. The molecule has 5 atom stereocenters. The Hall–Kier alpha value is -0.380. The van der Waals surface area contributed by atoms with Gasteiger partial charge in [-0.1, -0.05) is 19.9 Å². The van der Waals surface area contributed by atoms with Crippen LogP contribution in [0.1, 0.15) is 34.1 Å². The van der Waals surface area contributed by atoms with Crippen molar-refractivity contribution in [1.29, 1.82) is 0 Å². The zero-order chi connectivity index (χ0) is 11.9. The minimum Gasteiger partial charge on any atom is -0.346 e. The van der Waals surface area contributed by atoms with E-state index in [1.807, 2.05) is 19.9 Å². The standard InChI is InChI=1S/C13H22O3/c1-6-7-8(2)10-9(3)11-12(14-10)16-13(4,5)15-11/h6,8-12H,1,7H2,2-5H3/t8-,9+,10-,11-,12-/m1/s1. The lowest BCUT2D eigenvalue weighted by molar-refractivity contribution is -0.214. The summed E-state index contributed by atoms with van der Waals surface area (Å²) in [6.45, 7) is 12.0. The van der Waals surface area contributed by atoms with Gasteiger partial charge in [-0.3, -0.25) is 0 Å². The van der Waals surface area contributed by atoms with Crippen LogP contribution in [0.2, 0.25) is 0 Å². The van der Waals surface area contributed by atoms with Crippen LogP contribution >= 0.6 is 0 Å². The minimum absolute atomic E-state index is 0.0762. The molecule has 2 fully saturated rings. The van der Waals surface area contributed by atoms with E-state index in [2.05, 4.69) is 20.4 Å². The molecular formula is C13H22O3. The maximum absolute atomic E-state index is 5.95. The maximum Gasteiger partial charge on any atom is 0.187 e. The second-order valence-corrected chi connectivity index (χ2v) is 5.43. The maximum atomic E-state index is 5.95. The normalized spacial score (nSPS) is 43.0. The van der Waals surface area contributed by atoms with Crippen molar-refractivity contribution in [2.75, 3.05) is 0 Å². The molecule has 16 heavy (non-hydrogen) atoms. The SMILES string of the molecule is C=CC[C@@H](C)[C@H]1O[C@@H]2OC(C)(C)O[C@@H]2[C@H]1C. The quantitative estimate of drug-likeness (QED) is 0.692. The highest BCUT2D eigenvalue weighted by Crippen LogP contribution is 2.42. The van der Waals surface area contributed by atoms with Gasteiger partial charge >= 0.3 is 0 Å². The fraction of sp³-hybridized carbons (Fsp3) is 0.846. The first kappa shape index (κ1) is 12.1. The average Bonchev–Trinajstić information content (AvgIpc) is 2.62. The predicted octanol–water partition coefficient (Wildman–Crippen LogP) is 2.71. The molecule has 2 aliphatic heterocycles. The van der Waals surface area contributed by atoms with Crippen LogP contribution in [-0.4, -0.2) is 24.3 Å². The van der Waals surface area contributed by atoms with E-state index < -0.39 is 5.79 Å². The van der Waals surface area contributed by atoms with E-state index >= 15 is 0 Å². The van der Waals surface area contributed by atoms with Crippen molar-refractivity contribution in [3.63, 3.8) is 0 Å². The summed E-state index contributed by atoms with van der Waals surface area (Å²) in [5, 5.41) is 0. The van der Waals surface area contributed by atoms with E-state index in [1.54, 1.807) is 0 Å². The molecule has 92 valence electrons. The molecule has 2 rings (SSSR count). The predicted molar refractivity (Wildman–Crippen MR) is 61.8 cm³/mol. The summed E-state index contributed by atoms with van der Waals surface area (Å²) >= 11 is 0. The fourth-order valence-corrected chi connectivity index (χ4v) is 2.73. The molecule has 0 amide bonds. The highest BCUT2D eigenvalue weighted by molar-refractivity contribution is 4.93. The van der Waals surface area contributed by atoms with Gasteiger partial charge in [0.25, 0.3) is 0 Å². The van der Waals surface area contributed by atoms with Crippen LogP contribution in [0, 0.1) is 11.8 Å². The van der Waals surface area contributed by atoms with Gasteiger partial charge in [-0.05, 0) is 26.2 Å². The molecule has 0 radical (unpaired) electrons. The van der Waals surface area contributed by atoms with Gasteiger partial charge in [0.15, 0.2) is 12.1 Å². The zero-order valence-electron chi connectivity index (χ0n) is 10.6. The van der Waals surface area contributed by atoms with E-state index in [0.29, 0.717) is 11.8 Å². The Kier molecular flexibility index (Phi) is 3.12. The second kappa shape index (κ2) is 4.13. The Morgan fingerprint density at radius 2 is 2.06 bits per heavy atom. The molecule has 0 aliphatic carbocycles. The van der Waals surface area contributed by atoms with Gasteiger partial charge in [0.2, 0.25) is 0 Å². The van der Waals surface area contributed by atoms with Crippen LogP contribution in [0.25, 0.3) is 0 Å². The molecule has 0 aromatic carbocycles. The third kappa shape index (κ3) is 2.04. The molecule has 3 heteroatoms.